The van der Waals surface area contributed by atoms with Crippen LogP contribution in [0.4, 0.5) is 0 Å². The fraction of sp³-hybridized carbons (Fsp3) is 1.00. The van der Waals surface area contributed by atoms with Crippen LogP contribution in [0.2, 0.25) is 0 Å². The van der Waals surface area contributed by atoms with Crippen molar-refractivity contribution in [1.82, 2.24) is 0 Å². The third-order valence-corrected chi connectivity index (χ3v) is 1.13. The van der Waals surface area contributed by atoms with Crippen LogP contribution in [-0.4, -0.2) is 33.7 Å². The van der Waals surface area contributed by atoms with Gasteiger partial charge in [-0.2, -0.15) is 8.42 Å². The first kappa shape index (κ1) is 10.8. The van der Waals surface area contributed by atoms with Gasteiger partial charge < -0.3 is 5.73 Å². The van der Waals surface area contributed by atoms with Crippen LogP contribution in [0.1, 0.15) is 0 Å². The van der Waals surface area contributed by atoms with Crippen molar-refractivity contribution in [3.05, 3.63) is 0 Å². The Labute approximate surface area is 50.4 Å². The highest BCUT2D eigenvalue weighted by molar-refractivity contribution is 7.85. The molecule has 0 atom stereocenters. The monoisotopic (exact) mass is 136 g/mol. The van der Waals surface area contributed by atoms with Crippen molar-refractivity contribution >= 4 is 18.5 Å². The molecule has 47 valence electrons. The maximum atomic E-state index is 9.71. The van der Waals surface area contributed by atoms with Gasteiger partial charge in [-0.3, -0.25) is 4.55 Å². The zero-order valence-corrected chi connectivity index (χ0v) is 5.06. The summed E-state index contributed by atoms with van der Waals surface area (Å²) in [6.07, 6.45) is 0. The molecule has 3 radical (unpaired) electrons. The first-order valence-electron chi connectivity index (χ1n) is 1.71. The Hall–Kier alpha value is -0.0651. The minimum Gasteiger partial charge on any atom is -0.329 e. The van der Waals surface area contributed by atoms with Gasteiger partial charge in [0.05, 0.1) is 5.75 Å². The molecule has 4 nitrogen and oxygen atoms in total. The molecule has 0 aromatic heterocycles. The highest BCUT2D eigenvalue weighted by Crippen LogP contribution is 1.74. The molecule has 0 saturated heterocycles. The van der Waals surface area contributed by atoms with Crippen LogP contribution in [0.15, 0.2) is 0 Å². The Balaban J connectivity index is 0. The lowest BCUT2D eigenvalue weighted by atomic mass is 10.8. The number of hydrogen-bond donors (Lipinski definition) is 2. The Kier molecular flexibility index (Phi) is 5.25. The molecular formula is C2H7BNO3S. The third kappa shape index (κ3) is 9.33. The Morgan fingerprint density at radius 3 is 1.88 bits per heavy atom. The van der Waals surface area contributed by atoms with Crippen LogP contribution in [0.25, 0.3) is 0 Å². The highest BCUT2D eigenvalue weighted by Gasteiger charge is 1.98. The average molecular weight is 136 g/mol. The third-order valence-electron chi connectivity index (χ3n) is 0.376. The van der Waals surface area contributed by atoms with Crippen LogP contribution in [0.5, 0.6) is 0 Å². The van der Waals surface area contributed by atoms with Gasteiger partial charge in [0.15, 0.2) is 0 Å². The molecule has 0 spiro atoms. The fourth-order valence-electron chi connectivity index (χ4n) is 0.149. The maximum Gasteiger partial charge on any atom is 0.266 e. The van der Waals surface area contributed by atoms with Gasteiger partial charge in [-0.1, -0.05) is 0 Å². The van der Waals surface area contributed by atoms with Crippen molar-refractivity contribution in [1.29, 1.82) is 0 Å². The summed E-state index contributed by atoms with van der Waals surface area (Å²) in [4.78, 5) is 0. The average Bonchev–Trinajstić information content (AvgIpc) is 1.30. The second-order valence-electron chi connectivity index (χ2n) is 1.07. The summed E-state index contributed by atoms with van der Waals surface area (Å²) >= 11 is 0. The van der Waals surface area contributed by atoms with Crippen LogP contribution in [0.3, 0.4) is 0 Å². The molecule has 0 bridgehead atoms. The largest absolute Gasteiger partial charge is 0.329 e. The van der Waals surface area contributed by atoms with Crippen molar-refractivity contribution in [2.24, 2.45) is 5.73 Å². The molecule has 0 aliphatic carbocycles. The van der Waals surface area contributed by atoms with Gasteiger partial charge in [0, 0.05) is 15.0 Å². The molecule has 6 heteroatoms. The highest BCUT2D eigenvalue weighted by atomic mass is 32.2. The van der Waals surface area contributed by atoms with Crippen molar-refractivity contribution in [3.8, 4) is 0 Å². The lowest BCUT2D eigenvalue weighted by Gasteiger charge is -1.86. The summed E-state index contributed by atoms with van der Waals surface area (Å²) in [5.41, 5.74) is 4.78. The van der Waals surface area contributed by atoms with E-state index in [-0.39, 0.29) is 20.7 Å². The minimum atomic E-state index is -3.80. The molecule has 0 aliphatic heterocycles. The van der Waals surface area contributed by atoms with E-state index in [0.717, 1.165) is 0 Å². The molecule has 0 aromatic carbocycles. The van der Waals surface area contributed by atoms with E-state index in [4.69, 9.17) is 10.3 Å². The predicted octanol–water partition coefficient (Wildman–Crippen LogP) is -1.55. The van der Waals surface area contributed by atoms with Crippen molar-refractivity contribution in [2.75, 3.05) is 12.3 Å². The number of nitrogens with two attached hydrogens (primary N) is 1. The van der Waals surface area contributed by atoms with E-state index < -0.39 is 10.1 Å². The second-order valence-corrected chi connectivity index (χ2v) is 2.65. The smallest absolute Gasteiger partial charge is 0.266 e. The molecule has 8 heavy (non-hydrogen) atoms. The molecule has 0 aromatic rings. The summed E-state index contributed by atoms with van der Waals surface area (Å²) < 4.78 is 27.3. The van der Waals surface area contributed by atoms with Gasteiger partial charge in [-0.15, -0.1) is 0 Å². The molecule has 0 rings (SSSR count). The zero-order valence-electron chi connectivity index (χ0n) is 4.24. The Bertz CT molecular complexity index is 130. The summed E-state index contributed by atoms with van der Waals surface area (Å²) in [7, 11) is -3.80. The van der Waals surface area contributed by atoms with Gasteiger partial charge in [-0.25, -0.2) is 0 Å². The van der Waals surface area contributed by atoms with Gasteiger partial charge in [0.2, 0.25) is 0 Å². The molecule has 0 heterocycles. The van der Waals surface area contributed by atoms with Crippen LogP contribution < -0.4 is 5.73 Å². The molecule has 3 N–H and O–H groups in total. The topological polar surface area (TPSA) is 80.4 Å². The van der Waals surface area contributed by atoms with E-state index in [0.29, 0.717) is 0 Å². The second kappa shape index (κ2) is 3.88. The standard InChI is InChI=1S/C2H7NO3S.B/c3-1-2-7(4,5)6;/h1-3H2,(H,4,5,6);. The predicted molar refractivity (Wildman–Crippen MR) is 31.2 cm³/mol. The number of hydrogen-bond acceptors (Lipinski definition) is 3. The minimum absolute atomic E-state index is 0. The van der Waals surface area contributed by atoms with Crippen LogP contribution in [0, 0.1) is 0 Å². The van der Waals surface area contributed by atoms with E-state index >= 15 is 0 Å². The lowest BCUT2D eigenvalue weighted by molar-refractivity contribution is 0.483. The van der Waals surface area contributed by atoms with Crippen LogP contribution >= 0.6 is 0 Å². The SMILES string of the molecule is NCCS(=O)(=O)O.[B]. The zero-order chi connectivity index (χ0) is 5.91. The summed E-state index contributed by atoms with van der Waals surface area (Å²) in [6, 6.07) is 0. The fourth-order valence-corrected chi connectivity index (χ4v) is 0.447. The van der Waals surface area contributed by atoms with Gasteiger partial charge in [0.25, 0.3) is 10.1 Å². The summed E-state index contributed by atoms with van der Waals surface area (Å²) in [6.45, 7) is -0.0289. The quantitative estimate of drug-likeness (QED) is 0.355. The number of rotatable bonds is 2. The van der Waals surface area contributed by atoms with E-state index in [2.05, 4.69) is 0 Å². The summed E-state index contributed by atoms with van der Waals surface area (Å²) in [5.74, 6) is -0.354. The molecule has 0 amide bonds. The molecule has 0 unspecified atom stereocenters. The van der Waals surface area contributed by atoms with E-state index in [1.165, 1.54) is 0 Å². The van der Waals surface area contributed by atoms with Crippen LogP contribution in [-0.2, 0) is 10.1 Å². The normalized spacial score (nSPS) is 10.2. The molecule has 0 aliphatic rings. The maximum absolute atomic E-state index is 9.71. The van der Waals surface area contributed by atoms with E-state index in [1.54, 1.807) is 0 Å². The van der Waals surface area contributed by atoms with Crippen molar-refractivity contribution in [2.45, 2.75) is 0 Å². The molecule has 0 saturated carbocycles. The first-order valence-corrected chi connectivity index (χ1v) is 3.32. The van der Waals surface area contributed by atoms with E-state index in [1.807, 2.05) is 0 Å². The van der Waals surface area contributed by atoms with Crippen molar-refractivity contribution in [3.63, 3.8) is 0 Å². The van der Waals surface area contributed by atoms with Gasteiger partial charge >= 0.3 is 0 Å². The van der Waals surface area contributed by atoms with Gasteiger partial charge in [0.1, 0.15) is 0 Å². The van der Waals surface area contributed by atoms with Gasteiger partial charge in [-0.05, 0) is 0 Å². The molecule has 0 fully saturated rings. The molecular weight excluding hydrogens is 129 g/mol. The Morgan fingerprint density at radius 2 is 1.88 bits per heavy atom. The van der Waals surface area contributed by atoms with Crippen molar-refractivity contribution < 1.29 is 13.0 Å². The Morgan fingerprint density at radius 1 is 1.50 bits per heavy atom. The summed E-state index contributed by atoms with van der Waals surface area (Å²) in [5, 5.41) is 0. The lowest BCUT2D eigenvalue weighted by Crippen LogP contribution is -2.13. The first-order chi connectivity index (χ1) is 3.06. The van der Waals surface area contributed by atoms with E-state index in [9.17, 15) is 8.42 Å².